The highest BCUT2D eigenvalue weighted by Crippen LogP contribution is 2.16. The SMILES string of the molecule is CC/C=C\C/C=C\C/C=C\C/C=C\CCCCCCC(=O)OCC(COC(=O)CCCCCCCCCCCCCC/C=C\C/C=C\C/C=C\CCCCCCC)OC(=O)CCCCCCCC/C=C\C/C=C\C/C=C\CCCCCCC. The van der Waals surface area contributed by atoms with Crippen molar-refractivity contribution >= 4 is 17.9 Å². The first-order valence-corrected chi connectivity index (χ1v) is 35.0. The first-order valence-electron chi connectivity index (χ1n) is 35.0. The maximum absolute atomic E-state index is 13.0. The lowest BCUT2D eigenvalue weighted by atomic mass is 10.0. The maximum atomic E-state index is 13.0. The molecule has 6 nitrogen and oxygen atoms in total. The molecule has 474 valence electrons. The smallest absolute Gasteiger partial charge is 0.306 e. The Kier molecular flexibility index (Phi) is 66.7. The van der Waals surface area contributed by atoms with Crippen LogP contribution in [0.1, 0.15) is 329 Å². The highest BCUT2D eigenvalue weighted by atomic mass is 16.6. The fourth-order valence-corrected chi connectivity index (χ4v) is 9.68. The third-order valence-electron chi connectivity index (χ3n) is 14.9. The number of unbranched alkanes of at least 4 members (excludes halogenated alkanes) is 32. The standard InChI is InChI=1S/C77H130O6/c1-4-7-10-13-16-19-22-25-28-31-33-35-36-37-38-39-40-42-43-46-49-52-55-58-61-64-67-70-76(79)82-73-74(72-81-75(78)69-66-63-60-57-54-51-48-45-30-27-24-21-18-15-12-9-6-3)83-77(80)71-68-65-62-59-56-53-50-47-44-41-34-32-29-26-23-20-17-14-11-8-5-2/h9,12,18,21-23,25-27,30-34,36-37,44,47-48,51,74H,4-8,10-11,13-17,19-20,24,28-29,35,38-43,45-46,49-50,52-73H2,1-3H3/b12-9-,21-18-,25-22-,26-23-,30-27-,33-31-,34-32-,37-36-,47-44-,51-48-. The summed E-state index contributed by atoms with van der Waals surface area (Å²) in [5.41, 5.74) is 0. The molecule has 0 amide bonds. The van der Waals surface area contributed by atoms with Gasteiger partial charge in [0, 0.05) is 19.3 Å². The Morgan fingerprint density at radius 3 is 0.735 bits per heavy atom. The van der Waals surface area contributed by atoms with Gasteiger partial charge in [-0.2, -0.15) is 0 Å². The zero-order valence-corrected chi connectivity index (χ0v) is 54.4. The van der Waals surface area contributed by atoms with Gasteiger partial charge in [-0.25, -0.2) is 0 Å². The minimum absolute atomic E-state index is 0.0940. The monoisotopic (exact) mass is 1150 g/mol. The van der Waals surface area contributed by atoms with Gasteiger partial charge in [0.1, 0.15) is 13.2 Å². The highest BCUT2D eigenvalue weighted by molar-refractivity contribution is 5.71. The second-order valence-electron chi connectivity index (χ2n) is 23.1. The number of ether oxygens (including phenoxy) is 3. The highest BCUT2D eigenvalue weighted by Gasteiger charge is 2.19. The second kappa shape index (κ2) is 70.3. The van der Waals surface area contributed by atoms with Gasteiger partial charge >= 0.3 is 17.9 Å². The van der Waals surface area contributed by atoms with E-state index in [0.717, 1.165) is 135 Å². The van der Waals surface area contributed by atoms with Crippen LogP contribution < -0.4 is 0 Å². The van der Waals surface area contributed by atoms with E-state index in [0.29, 0.717) is 19.3 Å². The number of hydrogen-bond donors (Lipinski definition) is 0. The van der Waals surface area contributed by atoms with E-state index in [4.69, 9.17) is 14.2 Å². The molecule has 0 spiro atoms. The van der Waals surface area contributed by atoms with Crippen molar-refractivity contribution in [3.05, 3.63) is 122 Å². The van der Waals surface area contributed by atoms with Gasteiger partial charge in [0.25, 0.3) is 0 Å². The molecule has 0 aromatic rings. The molecule has 0 heterocycles. The second-order valence-corrected chi connectivity index (χ2v) is 23.1. The molecule has 0 aromatic heterocycles. The summed E-state index contributed by atoms with van der Waals surface area (Å²) in [6.45, 7) is 6.50. The van der Waals surface area contributed by atoms with Crippen molar-refractivity contribution < 1.29 is 28.6 Å². The summed E-state index contributed by atoms with van der Waals surface area (Å²) >= 11 is 0. The van der Waals surface area contributed by atoms with Gasteiger partial charge in [-0.15, -0.1) is 0 Å². The number of esters is 3. The van der Waals surface area contributed by atoms with Crippen LogP contribution in [0.25, 0.3) is 0 Å². The van der Waals surface area contributed by atoms with Crippen molar-refractivity contribution in [2.75, 3.05) is 13.2 Å². The lowest BCUT2D eigenvalue weighted by Gasteiger charge is -2.18. The Morgan fingerprint density at radius 1 is 0.253 bits per heavy atom. The quantitative estimate of drug-likeness (QED) is 0.0261. The molecule has 0 aliphatic heterocycles. The maximum Gasteiger partial charge on any atom is 0.306 e. The average molecular weight is 1150 g/mol. The molecule has 0 saturated carbocycles. The van der Waals surface area contributed by atoms with E-state index < -0.39 is 6.10 Å². The molecule has 0 aromatic carbocycles. The van der Waals surface area contributed by atoms with Crippen LogP contribution in [0.5, 0.6) is 0 Å². The van der Waals surface area contributed by atoms with Crippen LogP contribution in [0.4, 0.5) is 0 Å². The van der Waals surface area contributed by atoms with Crippen LogP contribution in [0, 0.1) is 0 Å². The molecule has 0 saturated heterocycles. The van der Waals surface area contributed by atoms with Gasteiger partial charge in [0.05, 0.1) is 0 Å². The van der Waals surface area contributed by atoms with Gasteiger partial charge in [0.15, 0.2) is 6.10 Å². The van der Waals surface area contributed by atoms with Crippen molar-refractivity contribution in [3.63, 3.8) is 0 Å². The lowest BCUT2D eigenvalue weighted by Crippen LogP contribution is -2.30. The van der Waals surface area contributed by atoms with Crippen LogP contribution in [-0.2, 0) is 28.6 Å². The van der Waals surface area contributed by atoms with E-state index >= 15 is 0 Å². The molecule has 1 atom stereocenters. The Balaban J connectivity index is 4.40. The van der Waals surface area contributed by atoms with E-state index in [1.807, 2.05) is 0 Å². The third kappa shape index (κ3) is 68.5. The van der Waals surface area contributed by atoms with Crippen molar-refractivity contribution in [1.82, 2.24) is 0 Å². The van der Waals surface area contributed by atoms with Crippen LogP contribution in [0.2, 0.25) is 0 Å². The largest absolute Gasteiger partial charge is 0.462 e. The molecular formula is C77H130O6. The zero-order valence-electron chi connectivity index (χ0n) is 54.4. The lowest BCUT2D eigenvalue weighted by molar-refractivity contribution is -0.167. The summed E-state index contributed by atoms with van der Waals surface area (Å²) in [5, 5.41) is 0. The summed E-state index contributed by atoms with van der Waals surface area (Å²) in [6, 6.07) is 0. The first-order chi connectivity index (χ1) is 41.0. The molecule has 83 heavy (non-hydrogen) atoms. The molecule has 0 N–H and O–H groups in total. The fourth-order valence-electron chi connectivity index (χ4n) is 9.68. The minimum atomic E-state index is -0.802. The van der Waals surface area contributed by atoms with Gasteiger partial charge in [-0.3, -0.25) is 14.4 Å². The summed E-state index contributed by atoms with van der Waals surface area (Å²) in [7, 11) is 0. The minimum Gasteiger partial charge on any atom is -0.462 e. The van der Waals surface area contributed by atoms with Gasteiger partial charge < -0.3 is 14.2 Å². The predicted octanol–water partition coefficient (Wildman–Crippen LogP) is 24.3. The fraction of sp³-hybridized carbons (Fsp3) is 0.701. The Hall–Kier alpha value is -4.19. The molecule has 1 unspecified atom stereocenters. The van der Waals surface area contributed by atoms with Crippen molar-refractivity contribution in [3.8, 4) is 0 Å². The molecule has 0 fully saturated rings. The van der Waals surface area contributed by atoms with Crippen LogP contribution >= 0.6 is 0 Å². The Bertz CT molecular complexity index is 1700. The number of hydrogen-bond acceptors (Lipinski definition) is 6. The Morgan fingerprint density at radius 2 is 0.470 bits per heavy atom. The van der Waals surface area contributed by atoms with Crippen LogP contribution in [0.15, 0.2) is 122 Å². The van der Waals surface area contributed by atoms with Gasteiger partial charge in [-0.05, 0) is 135 Å². The number of rotatable bonds is 63. The number of carbonyl (C=O) groups excluding carboxylic acids is 3. The van der Waals surface area contributed by atoms with Crippen molar-refractivity contribution in [1.29, 1.82) is 0 Å². The van der Waals surface area contributed by atoms with Gasteiger partial charge in [-0.1, -0.05) is 296 Å². The topological polar surface area (TPSA) is 78.9 Å². The predicted molar refractivity (Wildman–Crippen MR) is 362 cm³/mol. The van der Waals surface area contributed by atoms with E-state index in [1.54, 1.807) is 0 Å². The van der Waals surface area contributed by atoms with Crippen LogP contribution in [0.3, 0.4) is 0 Å². The summed E-state index contributed by atoms with van der Waals surface area (Å²) in [6.07, 6.45) is 97.8. The normalized spacial score (nSPS) is 12.9. The molecule has 0 aliphatic carbocycles. The third-order valence-corrected chi connectivity index (χ3v) is 14.9. The number of allylic oxidation sites excluding steroid dienone is 20. The molecule has 0 radical (unpaired) electrons. The van der Waals surface area contributed by atoms with E-state index in [-0.39, 0.29) is 31.1 Å². The van der Waals surface area contributed by atoms with Crippen molar-refractivity contribution in [2.24, 2.45) is 0 Å². The van der Waals surface area contributed by atoms with Gasteiger partial charge in [0.2, 0.25) is 0 Å². The summed E-state index contributed by atoms with van der Waals surface area (Å²) < 4.78 is 17.0. The van der Waals surface area contributed by atoms with E-state index in [9.17, 15) is 14.4 Å². The average Bonchev–Trinajstić information content (AvgIpc) is 3.50. The first kappa shape index (κ1) is 78.8. The van der Waals surface area contributed by atoms with Crippen LogP contribution in [-0.4, -0.2) is 37.2 Å². The molecular weight excluding hydrogens is 1020 g/mol. The van der Waals surface area contributed by atoms with Crippen molar-refractivity contribution in [2.45, 2.75) is 335 Å². The molecule has 0 bridgehead atoms. The van der Waals surface area contributed by atoms with E-state index in [1.165, 1.54) is 154 Å². The summed E-state index contributed by atoms with van der Waals surface area (Å²) in [5.74, 6) is -0.924. The Labute approximate surface area is 513 Å². The molecule has 0 aliphatic rings. The molecule has 0 rings (SSSR count). The summed E-state index contributed by atoms with van der Waals surface area (Å²) in [4.78, 5) is 38.5. The number of carbonyl (C=O) groups is 3. The van der Waals surface area contributed by atoms with E-state index in [2.05, 4.69) is 142 Å². The molecule has 6 heteroatoms. The zero-order chi connectivity index (χ0) is 59.9.